The number of hydrogen-bond donors (Lipinski definition) is 1. The molecule has 0 saturated heterocycles. The molecule has 1 N–H and O–H groups in total. The Morgan fingerprint density at radius 3 is 2.24 bits per heavy atom. The molecule has 0 radical (unpaired) electrons. The quantitative estimate of drug-likeness (QED) is 0.231. The number of ether oxygens (including phenoxy) is 2. The SMILES string of the molecule is CCc1ccc(Oc2cc(F)cc(Oc3ccc(CCC(=O)O)c(C)c3)c2)c(C(C)(C)c2ccccc2)c1. The van der Waals surface area contributed by atoms with E-state index >= 15 is 0 Å². The summed E-state index contributed by atoms with van der Waals surface area (Å²) in [6.07, 6.45) is 1.40. The molecule has 0 unspecified atom stereocenters. The van der Waals surface area contributed by atoms with Crippen LogP contribution in [-0.4, -0.2) is 11.1 Å². The Morgan fingerprint density at radius 1 is 0.868 bits per heavy atom. The number of carbonyl (C=O) groups is 1. The van der Waals surface area contributed by atoms with Crippen molar-refractivity contribution >= 4 is 5.97 Å². The van der Waals surface area contributed by atoms with Gasteiger partial charge in [0.2, 0.25) is 0 Å². The summed E-state index contributed by atoms with van der Waals surface area (Å²) in [5.74, 6) is 0.538. The van der Waals surface area contributed by atoms with Crippen LogP contribution in [-0.2, 0) is 23.1 Å². The minimum atomic E-state index is -0.836. The van der Waals surface area contributed by atoms with Crippen molar-refractivity contribution in [1.82, 2.24) is 0 Å². The summed E-state index contributed by atoms with van der Waals surface area (Å²) in [5.41, 5.74) is 4.88. The first kappa shape index (κ1) is 26.9. The van der Waals surface area contributed by atoms with Gasteiger partial charge in [0.15, 0.2) is 0 Å². The van der Waals surface area contributed by atoms with Gasteiger partial charge in [0, 0.05) is 35.6 Å². The van der Waals surface area contributed by atoms with E-state index in [0.717, 1.165) is 28.7 Å². The molecule has 0 aliphatic heterocycles. The molecule has 4 aromatic rings. The van der Waals surface area contributed by atoms with E-state index in [1.807, 2.05) is 49.4 Å². The van der Waals surface area contributed by atoms with Gasteiger partial charge in [0.25, 0.3) is 0 Å². The molecule has 0 atom stereocenters. The number of aliphatic carboxylic acids is 1. The fourth-order valence-corrected chi connectivity index (χ4v) is 4.56. The molecule has 0 saturated carbocycles. The first-order chi connectivity index (χ1) is 18.2. The molecule has 0 amide bonds. The van der Waals surface area contributed by atoms with Crippen molar-refractivity contribution in [3.8, 4) is 23.0 Å². The van der Waals surface area contributed by atoms with Crippen molar-refractivity contribution in [2.24, 2.45) is 0 Å². The summed E-state index contributed by atoms with van der Waals surface area (Å²) in [6.45, 7) is 8.34. The molecule has 4 rings (SSSR count). The Kier molecular flexibility index (Phi) is 8.16. The van der Waals surface area contributed by atoms with Crippen molar-refractivity contribution in [3.05, 3.63) is 119 Å². The maximum atomic E-state index is 14.7. The Labute approximate surface area is 223 Å². The lowest BCUT2D eigenvalue weighted by Gasteiger charge is -2.29. The van der Waals surface area contributed by atoms with E-state index in [1.54, 1.807) is 12.1 Å². The van der Waals surface area contributed by atoms with Crippen LogP contribution in [0.2, 0.25) is 0 Å². The number of benzene rings is 4. The highest BCUT2D eigenvalue weighted by Crippen LogP contribution is 2.40. The lowest BCUT2D eigenvalue weighted by atomic mass is 9.77. The second-order valence-electron chi connectivity index (χ2n) is 9.98. The molecule has 0 spiro atoms. The monoisotopic (exact) mass is 512 g/mol. The zero-order chi connectivity index (χ0) is 27.3. The molecule has 0 fully saturated rings. The predicted octanol–water partition coefficient (Wildman–Crippen LogP) is 8.62. The molecule has 0 aliphatic rings. The largest absolute Gasteiger partial charge is 0.481 e. The van der Waals surface area contributed by atoms with E-state index in [9.17, 15) is 9.18 Å². The highest BCUT2D eigenvalue weighted by molar-refractivity contribution is 5.67. The molecule has 38 heavy (non-hydrogen) atoms. The minimum Gasteiger partial charge on any atom is -0.481 e. The normalized spacial score (nSPS) is 11.3. The highest BCUT2D eigenvalue weighted by atomic mass is 19.1. The third kappa shape index (κ3) is 6.41. The van der Waals surface area contributed by atoms with Crippen molar-refractivity contribution in [2.45, 2.75) is 52.4 Å². The number of aryl methyl sites for hydroxylation is 3. The first-order valence-electron chi connectivity index (χ1n) is 12.8. The summed E-state index contributed by atoms with van der Waals surface area (Å²) in [7, 11) is 0. The third-order valence-corrected chi connectivity index (χ3v) is 6.85. The van der Waals surface area contributed by atoms with E-state index in [2.05, 4.69) is 39.0 Å². The van der Waals surface area contributed by atoms with Gasteiger partial charge in [-0.3, -0.25) is 4.79 Å². The second-order valence-corrected chi connectivity index (χ2v) is 9.98. The number of carboxylic acid groups (broad SMARTS) is 1. The van der Waals surface area contributed by atoms with Crippen molar-refractivity contribution < 1.29 is 23.8 Å². The smallest absolute Gasteiger partial charge is 0.303 e. The van der Waals surface area contributed by atoms with Crippen LogP contribution >= 0.6 is 0 Å². The van der Waals surface area contributed by atoms with Gasteiger partial charge in [0.05, 0.1) is 0 Å². The van der Waals surface area contributed by atoms with Crippen LogP contribution in [0.3, 0.4) is 0 Å². The minimum absolute atomic E-state index is 0.0634. The molecule has 0 heterocycles. The lowest BCUT2D eigenvalue weighted by Crippen LogP contribution is -2.20. The average molecular weight is 513 g/mol. The second kappa shape index (κ2) is 11.5. The van der Waals surface area contributed by atoms with Crippen molar-refractivity contribution in [2.75, 3.05) is 0 Å². The zero-order valence-electron chi connectivity index (χ0n) is 22.3. The molecule has 196 valence electrons. The number of halogens is 1. The lowest BCUT2D eigenvalue weighted by molar-refractivity contribution is -0.136. The molecule has 4 nitrogen and oxygen atoms in total. The van der Waals surface area contributed by atoms with Gasteiger partial charge in [-0.05, 0) is 60.2 Å². The van der Waals surface area contributed by atoms with Gasteiger partial charge in [-0.15, -0.1) is 0 Å². The van der Waals surface area contributed by atoms with Crippen molar-refractivity contribution in [3.63, 3.8) is 0 Å². The van der Waals surface area contributed by atoms with Crippen LogP contribution in [0.5, 0.6) is 23.0 Å². The summed E-state index contributed by atoms with van der Waals surface area (Å²) in [6, 6.07) is 26.2. The zero-order valence-corrected chi connectivity index (χ0v) is 22.3. The van der Waals surface area contributed by atoms with Crippen LogP contribution < -0.4 is 9.47 Å². The topological polar surface area (TPSA) is 55.8 Å². The van der Waals surface area contributed by atoms with E-state index in [1.165, 1.54) is 17.7 Å². The van der Waals surface area contributed by atoms with E-state index in [4.69, 9.17) is 14.6 Å². The van der Waals surface area contributed by atoms with Crippen LogP contribution in [0.4, 0.5) is 4.39 Å². The van der Waals surface area contributed by atoms with Crippen LogP contribution in [0.15, 0.2) is 84.9 Å². The molecule has 4 aromatic carbocycles. The fraction of sp³-hybridized carbons (Fsp3) is 0.242. The maximum Gasteiger partial charge on any atom is 0.303 e. The van der Waals surface area contributed by atoms with Gasteiger partial charge < -0.3 is 14.6 Å². The van der Waals surface area contributed by atoms with E-state index < -0.39 is 11.8 Å². The molecular formula is C33H33FO4. The van der Waals surface area contributed by atoms with Crippen molar-refractivity contribution in [1.29, 1.82) is 0 Å². The summed E-state index contributed by atoms with van der Waals surface area (Å²) < 4.78 is 26.9. The van der Waals surface area contributed by atoms with Crippen LogP contribution in [0.1, 0.15) is 55.0 Å². The summed E-state index contributed by atoms with van der Waals surface area (Å²) in [4.78, 5) is 10.9. The third-order valence-electron chi connectivity index (χ3n) is 6.85. The molecule has 0 aliphatic carbocycles. The van der Waals surface area contributed by atoms with Gasteiger partial charge in [0.1, 0.15) is 28.8 Å². The number of rotatable bonds is 10. The Hall–Kier alpha value is -4.12. The fourth-order valence-electron chi connectivity index (χ4n) is 4.56. The standard InChI is InChI=1S/C33H33FO4/c1-5-23-11-15-31(30(18-23)33(3,4)25-9-7-6-8-10-25)38-29-20-26(34)19-28(21-29)37-27-14-12-24(22(2)17-27)13-16-32(35)36/h6-12,14-15,17-21H,5,13,16H2,1-4H3,(H,35,36). The predicted molar refractivity (Wildman–Crippen MR) is 148 cm³/mol. The Bertz CT molecular complexity index is 1430. The Balaban J connectivity index is 1.62. The maximum absolute atomic E-state index is 14.7. The van der Waals surface area contributed by atoms with Gasteiger partial charge in [-0.1, -0.05) is 69.3 Å². The van der Waals surface area contributed by atoms with Gasteiger partial charge in [-0.25, -0.2) is 4.39 Å². The molecule has 0 aromatic heterocycles. The van der Waals surface area contributed by atoms with E-state index in [-0.39, 0.29) is 11.8 Å². The average Bonchev–Trinajstić information content (AvgIpc) is 2.88. The number of carboxylic acids is 1. The van der Waals surface area contributed by atoms with Gasteiger partial charge >= 0.3 is 5.97 Å². The molecular weight excluding hydrogens is 479 g/mol. The first-order valence-corrected chi connectivity index (χ1v) is 12.8. The highest BCUT2D eigenvalue weighted by Gasteiger charge is 2.27. The summed E-state index contributed by atoms with van der Waals surface area (Å²) in [5, 5.41) is 8.95. The molecule has 0 bridgehead atoms. The molecule has 5 heteroatoms. The van der Waals surface area contributed by atoms with E-state index in [0.29, 0.717) is 29.4 Å². The Morgan fingerprint density at radius 2 is 1.58 bits per heavy atom. The van der Waals surface area contributed by atoms with Crippen LogP contribution in [0, 0.1) is 12.7 Å². The number of hydrogen-bond acceptors (Lipinski definition) is 3. The van der Waals surface area contributed by atoms with Gasteiger partial charge in [-0.2, -0.15) is 0 Å². The summed E-state index contributed by atoms with van der Waals surface area (Å²) >= 11 is 0. The van der Waals surface area contributed by atoms with Crippen LogP contribution in [0.25, 0.3) is 0 Å².